The molecular formula is C33H26N2O3S. The summed E-state index contributed by atoms with van der Waals surface area (Å²) < 4.78 is 2.04. The van der Waals surface area contributed by atoms with Crippen LogP contribution in [0.4, 0.5) is 0 Å². The van der Waals surface area contributed by atoms with Crippen molar-refractivity contribution >= 4 is 39.5 Å². The standard InChI is InChI=1S/C33H26N2O3S/c1-21-14-25(33(37)38)8-9-26(21)19-34-32(36)31-18-28(27-12-13-39-20-27)17-30-11-10-29(35(30)31)16-22-6-7-23-4-2-3-5-24(23)15-22/h2-15,17-18,20H,16,19H2,1H3,(H,34,36)(H,37,38). The highest BCUT2D eigenvalue weighted by Crippen LogP contribution is 2.28. The molecule has 1 amide bonds. The lowest BCUT2D eigenvalue weighted by Gasteiger charge is -2.14. The highest BCUT2D eigenvalue weighted by Gasteiger charge is 2.17. The van der Waals surface area contributed by atoms with Crippen LogP contribution in [0.5, 0.6) is 0 Å². The Morgan fingerprint density at radius 2 is 1.72 bits per heavy atom. The van der Waals surface area contributed by atoms with Crippen molar-refractivity contribution in [1.82, 2.24) is 9.72 Å². The van der Waals surface area contributed by atoms with Gasteiger partial charge in [-0.1, -0.05) is 48.5 Å². The third kappa shape index (κ3) is 4.94. The van der Waals surface area contributed by atoms with Crippen LogP contribution in [-0.2, 0) is 13.0 Å². The zero-order valence-corrected chi connectivity index (χ0v) is 22.2. The summed E-state index contributed by atoms with van der Waals surface area (Å²) in [6, 6.07) is 30.1. The Hall–Kier alpha value is -4.68. The van der Waals surface area contributed by atoms with Crippen molar-refractivity contribution in [2.75, 3.05) is 0 Å². The van der Waals surface area contributed by atoms with Crippen molar-refractivity contribution in [3.63, 3.8) is 0 Å². The predicted molar refractivity (Wildman–Crippen MR) is 157 cm³/mol. The number of fused-ring (bicyclic) bond motifs is 2. The molecule has 0 aliphatic rings. The van der Waals surface area contributed by atoms with Crippen molar-refractivity contribution in [3.8, 4) is 11.1 Å². The summed E-state index contributed by atoms with van der Waals surface area (Å²) in [5, 5.41) is 18.8. The fourth-order valence-electron chi connectivity index (χ4n) is 5.07. The molecule has 0 spiro atoms. The molecular weight excluding hydrogens is 504 g/mol. The summed E-state index contributed by atoms with van der Waals surface area (Å²) in [5.74, 6) is -1.15. The van der Waals surface area contributed by atoms with Gasteiger partial charge in [0.05, 0.1) is 5.56 Å². The Labute approximate surface area is 230 Å². The molecule has 6 heteroatoms. The number of benzene rings is 3. The van der Waals surface area contributed by atoms with E-state index in [0.29, 0.717) is 18.7 Å². The molecule has 3 aromatic heterocycles. The van der Waals surface area contributed by atoms with Gasteiger partial charge in [0.25, 0.3) is 5.91 Å². The third-order valence-corrected chi connectivity index (χ3v) is 7.83. The lowest BCUT2D eigenvalue weighted by Crippen LogP contribution is -2.26. The van der Waals surface area contributed by atoms with Gasteiger partial charge in [0.1, 0.15) is 5.69 Å². The molecule has 2 N–H and O–H groups in total. The van der Waals surface area contributed by atoms with Gasteiger partial charge in [-0.05, 0) is 98.7 Å². The normalized spacial score (nSPS) is 11.2. The lowest BCUT2D eigenvalue weighted by atomic mass is 10.0. The van der Waals surface area contributed by atoms with E-state index >= 15 is 0 Å². The number of hydrogen-bond donors (Lipinski definition) is 2. The Bertz CT molecular complexity index is 1850. The van der Waals surface area contributed by atoms with Gasteiger partial charge in [-0.25, -0.2) is 4.79 Å². The van der Waals surface area contributed by atoms with Gasteiger partial charge in [-0.2, -0.15) is 11.3 Å². The topological polar surface area (TPSA) is 70.8 Å². The summed E-state index contributed by atoms with van der Waals surface area (Å²) in [6.45, 7) is 2.16. The van der Waals surface area contributed by atoms with Crippen LogP contribution in [-0.4, -0.2) is 21.4 Å². The number of amides is 1. The van der Waals surface area contributed by atoms with Gasteiger partial charge in [0.2, 0.25) is 0 Å². The number of nitrogens with one attached hydrogen (secondary N) is 1. The van der Waals surface area contributed by atoms with E-state index in [4.69, 9.17) is 0 Å². The second kappa shape index (κ2) is 10.2. The molecule has 192 valence electrons. The third-order valence-electron chi connectivity index (χ3n) is 7.14. The Morgan fingerprint density at radius 1 is 0.872 bits per heavy atom. The van der Waals surface area contributed by atoms with Crippen LogP contribution in [0.2, 0.25) is 0 Å². The number of carboxylic acid groups (broad SMARTS) is 1. The van der Waals surface area contributed by atoms with E-state index < -0.39 is 5.97 Å². The summed E-state index contributed by atoms with van der Waals surface area (Å²) in [4.78, 5) is 25.0. The quantitative estimate of drug-likeness (QED) is 0.227. The summed E-state index contributed by atoms with van der Waals surface area (Å²) in [7, 11) is 0. The smallest absolute Gasteiger partial charge is 0.335 e. The number of rotatable bonds is 7. The highest BCUT2D eigenvalue weighted by molar-refractivity contribution is 7.08. The molecule has 0 aliphatic heterocycles. The van der Waals surface area contributed by atoms with Crippen LogP contribution in [0.15, 0.2) is 102 Å². The first-order valence-corrected chi connectivity index (χ1v) is 13.7. The minimum absolute atomic E-state index is 0.185. The number of aryl methyl sites for hydroxylation is 1. The minimum atomic E-state index is -0.965. The number of carbonyl (C=O) groups excluding carboxylic acids is 1. The number of pyridine rings is 1. The summed E-state index contributed by atoms with van der Waals surface area (Å²) in [5.41, 5.74) is 7.74. The first-order valence-electron chi connectivity index (χ1n) is 12.7. The van der Waals surface area contributed by atoms with Crippen molar-refractivity contribution in [2.45, 2.75) is 19.9 Å². The summed E-state index contributed by atoms with van der Waals surface area (Å²) in [6.07, 6.45) is 0.687. The fourth-order valence-corrected chi connectivity index (χ4v) is 5.73. The molecule has 0 atom stereocenters. The molecule has 0 saturated carbocycles. The largest absolute Gasteiger partial charge is 0.478 e. The molecule has 39 heavy (non-hydrogen) atoms. The molecule has 3 heterocycles. The highest BCUT2D eigenvalue weighted by atomic mass is 32.1. The second-order valence-electron chi connectivity index (χ2n) is 9.71. The van der Waals surface area contributed by atoms with Gasteiger partial charge in [0, 0.05) is 24.2 Å². The van der Waals surface area contributed by atoms with Crippen LogP contribution in [0.1, 0.15) is 43.2 Å². The molecule has 0 radical (unpaired) electrons. The summed E-state index contributed by atoms with van der Waals surface area (Å²) >= 11 is 1.63. The monoisotopic (exact) mass is 530 g/mol. The van der Waals surface area contributed by atoms with Gasteiger partial charge < -0.3 is 14.8 Å². The number of aromatic nitrogens is 1. The van der Waals surface area contributed by atoms with Gasteiger partial charge >= 0.3 is 5.97 Å². The SMILES string of the molecule is Cc1cc(C(=O)O)ccc1CNC(=O)c1cc(-c2ccsc2)cc2ccc(Cc3ccc4ccccc4c3)n12. The molecule has 3 aromatic carbocycles. The van der Waals surface area contributed by atoms with Crippen molar-refractivity contribution < 1.29 is 14.7 Å². The molecule has 0 bridgehead atoms. The van der Waals surface area contributed by atoms with E-state index in [9.17, 15) is 14.7 Å². The van der Waals surface area contributed by atoms with Crippen molar-refractivity contribution in [1.29, 1.82) is 0 Å². The van der Waals surface area contributed by atoms with E-state index in [-0.39, 0.29) is 11.5 Å². The molecule has 0 unspecified atom stereocenters. The zero-order chi connectivity index (χ0) is 26.9. The molecule has 6 aromatic rings. The van der Waals surface area contributed by atoms with Crippen LogP contribution < -0.4 is 5.32 Å². The molecule has 0 aliphatic carbocycles. The lowest BCUT2D eigenvalue weighted by molar-refractivity contribution is 0.0696. The first-order chi connectivity index (χ1) is 19.0. The van der Waals surface area contributed by atoms with E-state index in [1.54, 1.807) is 29.5 Å². The van der Waals surface area contributed by atoms with Crippen molar-refractivity contribution in [2.24, 2.45) is 0 Å². The van der Waals surface area contributed by atoms with E-state index in [1.165, 1.54) is 16.3 Å². The number of nitrogens with zero attached hydrogens (tertiary/aromatic N) is 1. The van der Waals surface area contributed by atoms with Crippen LogP contribution in [0.3, 0.4) is 0 Å². The zero-order valence-electron chi connectivity index (χ0n) is 21.3. The number of carboxylic acids is 1. The van der Waals surface area contributed by atoms with Gasteiger partial charge in [-0.15, -0.1) is 0 Å². The van der Waals surface area contributed by atoms with E-state index in [2.05, 4.69) is 65.3 Å². The van der Waals surface area contributed by atoms with Gasteiger partial charge in [-0.3, -0.25) is 4.79 Å². The van der Waals surface area contributed by atoms with Gasteiger partial charge in [0.15, 0.2) is 0 Å². The average Bonchev–Trinajstić information content (AvgIpc) is 3.62. The minimum Gasteiger partial charge on any atom is -0.478 e. The maximum atomic E-state index is 13.7. The number of thiophene rings is 1. The van der Waals surface area contributed by atoms with E-state index in [0.717, 1.165) is 33.5 Å². The Morgan fingerprint density at radius 3 is 2.49 bits per heavy atom. The molecule has 0 saturated heterocycles. The number of hydrogen-bond acceptors (Lipinski definition) is 3. The first kappa shape index (κ1) is 24.6. The average molecular weight is 531 g/mol. The molecule has 6 rings (SSSR count). The van der Waals surface area contributed by atoms with E-state index in [1.807, 2.05) is 34.9 Å². The van der Waals surface area contributed by atoms with Crippen molar-refractivity contribution in [3.05, 3.63) is 135 Å². The second-order valence-corrected chi connectivity index (χ2v) is 10.5. The van der Waals surface area contributed by atoms with Crippen LogP contribution in [0, 0.1) is 6.92 Å². The number of aromatic carboxylic acids is 1. The number of carbonyl (C=O) groups is 2. The Balaban J connectivity index is 1.36. The molecule has 0 fully saturated rings. The predicted octanol–water partition coefficient (Wildman–Crippen LogP) is 7.35. The Kier molecular flexibility index (Phi) is 6.47. The fraction of sp³-hybridized carbons (Fsp3) is 0.0909. The maximum Gasteiger partial charge on any atom is 0.335 e. The molecule has 5 nitrogen and oxygen atoms in total. The van der Waals surface area contributed by atoms with Crippen LogP contribution in [0.25, 0.3) is 27.4 Å². The van der Waals surface area contributed by atoms with Crippen LogP contribution >= 0.6 is 11.3 Å². The maximum absolute atomic E-state index is 13.7.